The Labute approximate surface area is 168 Å². The number of amides is 1. The number of carbonyl (C=O) groups is 1. The summed E-state index contributed by atoms with van der Waals surface area (Å²) in [4.78, 5) is 13.8. The monoisotopic (exact) mass is 426 g/mol. The fourth-order valence-corrected chi connectivity index (χ4v) is 4.58. The van der Waals surface area contributed by atoms with Gasteiger partial charge in [-0.15, -0.1) is 0 Å². The Morgan fingerprint density at radius 1 is 1.07 bits per heavy atom. The summed E-state index contributed by atoms with van der Waals surface area (Å²) in [6, 6.07) is 11.9. The number of nitrogens with zero attached hydrogens (tertiary/aromatic N) is 2. The number of sulfonamides is 1. The molecule has 0 N–H and O–H groups in total. The Morgan fingerprint density at radius 3 is 2.29 bits per heavy atom. The molecule has 0 aliphatic carbocycles. The van der Waals surface area contributed by atoms with Crippen molar-refractivity contribution in [1.29, 1.82) is 0 Å². The average molecular weight is 427 g/mol. The van der Waals surface area contributed by atoms with E-state index >= 15 is 0 Å². The molecular formula is C19H20ClFN2O4S. The summed E-state index contributed by atoms with van der Waals surface area (Å²) >= 11 is 5.83. The lowest BCUT2D eigenvalue weighted by molar-refractivity contribution is -0.139. The van der Waals surface area contributed by atoms with Gasteiger partial charge in [-0.1, -0.05) is 23.7 Å². The van der Waals surface area contributed by atoms with Gasteiger partial charge in [0.2, 0.25) is 10.0 Å². The van der Waals surface area contributed by atoms with Crippen LogP contribution in [0, 0.1) is 5.82 Å². The highest BCUT2D eigenvalue weighted by Gasteiger charge is 2.33. The zero-order valence-corrected chi connectivity index (χ0v) is 16.8. The van der Waals surface area contributed by atoms with Crippen molar-refractivity contribution in [2.75, 3.05) is 26.2 Å². The van der Waals surface area contributed by atoms with Crippen LogP contribution in [0.25, 0.3) is 0 Å². The molecule has 0 spiro atoms. The quantitative estimate of drug-likeness (QED) is 0.737. The van der Waals surface area contributed by atoms with Crippen LogP contribution in [0.2, 0.25) is 5.02 Å². The lowest BCUT2D eigenvalue weighted by Gasteiger charge is -2.35. The minimum Gasteiger partial charge on any atom is -0.481 e. The van der Waals surface area contributed by atoms with Crippen LogP contribution in [0.1, 0.15) is 6.92 Å². The number of ether oxygens (including phenoxy) is 1. The molecular weight excluding hydrogens is 407 g/mol. The third-order valence-corrected chi connectivity index (χ3v) is 6.66. The number of hydrogen-bond acceptors (Lipinski definition) is 4. The maximum Gasteiger partial charge on any atom is 0.263 e. The van der Waals surface area contributed by atoms with Gasteiger partial charge in [-0.05, 0) is 43.3 Å². The summed E-state index contributed by atoms with van der Waals surface area (Å²) < 4.78 is 46.0. The molecule has 1 amide bonds. The first kappa shape index (κ1) is 20.6. The minimum atomic E-state index is -3.94. The highest BCUT2D eigenvalue weighted by Crippen LogP contribution is 2.21. The number of carbonyl (C=O) groups excluding carboxylic acids is 1. The molecule has 3 rings (SSSR count). The zero-order chi connectivity index (χ0) is 20.3. The van der Waals surface area contributed by atoms with E-state index in [4.69, 9.17) is 16.3 Å². The number of benzene rings is 2. The van der Waals surface area contributed by atoms with Crippen LogP contribution >= 0.6 is 11.6 Å². The molecule has 28 heavy (non-hydrogen) atoms. The summed E-state index contributed by atoms with van der Waals surface area (Å²) in [7, 11) is -3.94. The Balaban J connectivity index is 1.60. The highest BCUT2D eigenvalue weighted by atomic mass is 35.5. The summed E-state index contributed by atoms with van der Waals surface area (Å²) in [5.74, 6) is -0.505. The van der Waals surface area contributed by atoms with Crippen molar-refractivity contribution in [3.8, 4) is 5.75 Å². The molecule has 6 nitrogen and oxygen atoms in total. The Kier molecular flexibility index (Phi) is 6.22. The van der Waals surface area contributed by atoms with E-state index in [1.807, 2.05) is 0 Å². The van der Waals surface area contributed by atoms with E-state index in [1.165, 1.54) is 22.5 Å². The molecule has 1 aliphatic rings. The molecule has 2 aromatic rings. The van der Waals surface area contributed by atoms with E-state index in [9.17, 15) is 17.6 Å². The molecule has 150 valence electrons. The lowest BCUT2D eigenvalue weighted by Crippen LogP contribution is -2.53. The number of piperazine rings is 1. The van der Waals surface area contributed by atoms with Crippen LogP contribution in [0.3, 0.4) is 0 Å². The number of rotatable bonds is 5. The van der Waals surface area contributed by atoms with Crippen LogP contribution in [0.5, 0.6) is 5.75 Å². The van der Waals surface area contributed by atoms with Crippen LogP contribution < -0.4 is 4.74 Å². The Morgan fingerprint density at radius 2 is 1.68 bits per heavy atom. The van der Waals surface area contributed by atoms with Crippen molar-refractivity contribution >= 4 is 27.5 Å². The van der Waals surface area contributed by atoms with Crippen molar-refractivity contribution in [2.45, 2.75) is 17.9 Å². The topological polar surface area (TPSA) is 66.9 Å². The highest BCUT2D eigenvalue weighted by molar-refractivity contribution is 7.89. The van der Waals surface area contributed by atoms with Gasteiger partial charge in [-0.2, -0.15) is 4.31 Å². The van der Waals surface area contributed by atoms with Crippen LogP contribution in [0.15, 0.2) is 53.4 Å². The van der Waals surface area contributed by atoms with Gasteiger partial charge in [0.25, 0.3) is 5.91 Å². The van der Waals surface area contributed by atoms with E-state index < -0.39 is 21.9 Å². The molecule has 0 bridgehead atoms. The van der Waals surface area contributed by atoms with E-state index in [1.54, 1.807) is 36.1 Å². The molecule has 1 atom stereocenters. The van der Waals surface area contributed by atoms with Gasteiger partial charge in [-0.3, -0.25) is 4.79 Å². The van der Waals surface area contributed by atoms with Crippen LogP contribution in [-0.4, -0.2) is 55.8 Å². The predicted octanol–water partition coefficient (Wildman–Crippen LogP) is 2.78. The fraction of sp³-hybridized carbons (Fsp3) is 0.316. The first-order valence-electron chi connectivity index (χ1n) is 8.75. The second-order valence-corrected chi connectivity index (χ2v) is 8.72. The summed E-state index contributed by atoms with van der Waals surface area (Å²) in [6.07, 6.45) is -0.726. The number of halogens is 2. The average Bonchev–Trinajstić information content (AvgIpc) is 2.69. The smallest absolute Gasteiger partial charge is 0.263 e. The largest absolute Gasteiger partial charge is 0.481 e. The van der Waals surface area contributed by atoms with E-state index in [-0.39, 0.29) is 37.0 Å². The van der Waals surface area contributed by atoms with Gasteiger partial charge in [0, 0.05) is 31.2 Å². The van der Waals surface area contributed by atoms with Gasteiger partial charge in [0.15, 0.2) is 6.10 Å². The molecule has 0 aromatic heterocycles. The van der Waals surface area contributed by atoms with E-state index in [0.29, 0.717) is 10.8 Å². The van der Waals surface area contributed by atoms with Gasteiger partial charge in [0.05, 0.1) is 0 Å². The summed E-state index contributed by atoms with van der Waals surface area (Å²) in [5, 5.41) is 0.568. The second-order valence-electron chi connectivity index (χ2n) is 6.37. The molecule has 0 saturated carbocycles. The first-order valence-corrected chi connectivity index (χ1v) is 10.6. The Hall–Kier alpha value is -2.16. The first-order chi connectivity index (χ1) is 13.3. The van der Waals surface area contributed by atoms with Crippen LogP contribution in [0.4, 0.5) is 4.39 Å². The second kappa shape index (κ2) is 8.46. The third-order valence-electron chi connectivity index (χ3n) is 4.48. The maximum atomic E-state index is 13.9. The van der Waals surface area contributed by atoms with Gasteiger partial charge >= 0.3 is 0 Å². The van der Waals surface area contributed by atoms with Crippen LogP contribution in [-0.2, 0) is 14.8 Å². The summed E-state index contributed by atoms with van der Waals surface area (Å²) in [5.41, 5.74) is 0. The standard InChI is InChI=1S/C19H20ClFN2O4S/c1-14(27-16-8-6-15(20)7-9-16)19(24)22-10-12-23(13-11-22)28(25,26)18-5-3-2-4-17(18)21/h2-9,14H,10-13H2,1H3/t14-/m1/s1. The molecule has 2 aromatic carbocycles. The normalized spacial score (nSPS) is 16.6. The molecule has 0 radical (unpaired) electrons. The van der Waals surface area contributed by atoms with Gasteiger partial charge in [-0.25, -0.2) is 12.8 Å². The van der Waals surface area contributed by atoms with E-state index in [0.717, 1.165) is 6.07 Å². The zero-order valence-electron chi connectivity index (χ0n) is 15.2. The number of hydrogen-bond donors (Lipinski definition) is 0. The van der Waals surface area contributed by atoms with Gasteiger partial charge < -0.3 is 9.64 Å². The van der Waals surface area contributed by atoms with Gasteiger partial charge in [0.1, 0.15) is 16.5 Å². The summed E-state index contributed by atoms with van der Waals surface area (Å²) in [6.45, 7) is 2.24. The minimum absolute atomic E-state index is 0.0933. The maximum absolute atomic E-state index is 13.9. The molecule has 1 fully saturated rings. The molecule has 9 heteroatoms. The molecule has 1 aliphatic heterocycles. The fourth-order valence-electron chi connectivity index (χ4n) is 2.97. The Bertz CT molecular complexity index is 945. The SMILES string of the molecule is C[C@@H](Oc1ccc(Cl)cc1)C(=O)N1CCN(S(=O)(=O)c2ccccc2F)CC1. The molecule has 1 heterocycles. The van der Waals surface area contributed by atoms with Crippen molar-refractivity contribution in [1.82, 2.24) is 9.21 Å². The van der Waals surface area contributed by atoms with Crippen molar-refractivity contribution in [3.05, 3.63) is 59.4 Å². The predicted molar refractivity (Wildman–Crippen MR) is 103 cm³/mol. The van der Waals surface area contributed by atoms with Crippen molar-refractivity contribution in [2.24, 2.45) is 0 Å². The molecule has 0 unspecified atom stereocenters. The lowest BCUT2D eigenvalue weighted by atomic mass is 10.2. The third kappa shape index (κ3) is 4.45. The van der Waals surface area contributed by atoms with Crippen molar-refractivity contribution < 1.29 is 22.3 Å². The van der Waals surface area contributed by atoms with E-state index in [2.05, 4.69) is 0 Å². The van der Waals surface area contributed by atoms with Crippen molar-refractivity contribution in [3.63, 3.8) is 0 Å². The molecule has 1 saturated heterocycles.